The number of hydrogen-bond acceptors (Lipinski definition) is 4. The highest BCUT2D eigenvalue weighted by Crippen LogP contribution is 2.18. The fraction of sp³-hybridized carbons (Fsp3) is 0.421. The molecule has 1 saturated heterocycles. The fourth-order valence-corrected chi connectivity index (χ4v) is 3.11. The van der Waals surface area contributed by atoms with Crippen LogP contribution in [-0.4, -0.2) is 65.1 Å². The molecule has 0 radical (unpaired) electrons. The van der Waals surface area contributed by atoms with Gasteiger partial charge in [0.1, 0.15) is 0 Å². The zero-order valence-electron chi connectivity index (χ0n) is 15.3. The highest BCUT2D eigenvalue weighted by atomic mass is 16.2. The van der Waals surface area contributed by atoms with E-state index in [0.29, 0.717) is 26.1 Å². The van der Waals surface area contributed by atoms with Gasteiger partial charge in [-0.15, -0.1) is 0 Å². The van der Waals surface area contributed by atoms with Crippen LogP contribution in [0.1, 0.15) is 12.0 Å². The Morgan fingerprint density at radius 2 is 2.12 bits per heavy atom. The third-order valence-corrected chi connectivity index (χ3v) is 4.60. The first kappa shape index (κ1) is 18.1. The molecule has 2 amide bonds. The van der Waals surface area contributed by atoms with Gasteiger partial charge in [0.05, 0.1) is 11.6 Å². The second kappa shape index (κ2) is 8.14. The maximum atomic E-state index is 12.5. The first-order valence-corrected chi connectivity index (χ1v) is 8.82. The van der Waals surface area contributed by atoms with Crippen molar-refractivity contribution in [3.05, 3.63) is 48.3 Å². The van der Waals surface area contributed by atoms with Gasteiger partial charge in [0, 0.05) is 45.0 Å². The second-order valence-corrected chi connectivity index (χ2v) is 6.84. The number of carbonyl (C=O) groups excluding carboxylic acids is 2. The van der Waals surface area contributed by atoms with Gasteiger partial charge in [-0.2, -0.15) is 5.10 Å². The molecule has 1 fully saturated rings. The van der Waals surface area contributed by atoms with E-state index < -0.39 is 0 Å². The molecule has 3 rings (SSSR count). The smallest absolute Gasteiger partial charge is 0.225 e. The molecule has 0 bridgehead atoms. The van der Waals surface area contributed by atoms with Gasteiger partial charge >= 0.3 is 0 Å². The Morgan fingerprint density at radius 3 is 2.85 bits per heavy atom. The van der Waals surface area contributed by atoms with E-state index in [2.05, 4.69) is 10.4 Å². The van der Waals surface area contributed by atoms with Crippen molar-refractivity contribution in [2.75, 3.05) is 33.7 Å². The zero-order chi connectivity index (χ0) is 18.5. The van der Waals surface area contributed by atoms with Crippen molar-refractivity contribution in [2.24, 2.45) is 5.92 Å². The average molecular weight is 355 g/mol. The van der Waals surface area contributed by atoms with E-state index in [4.69, 9.17) is 0 Å². The molecule has 1 aromatic heterocycles. The number of para-hydroxylation sites is 1. The minimum absolute atomic E-state index is 0.0592. The summed E-state index contributed by atoms with van der Waals surface area (Å²) in [6, 6.07) is 9.69. The second-order valence-electron chi connectivity index (χ2n) is 6.84. The summed E-state index contributed by atoms with van der Waals surface area (Å²) in [4.78, 5) is 28.4. The van der Waals surface area contributed by atoms with E-state index >= 15 is 0 Å². The molecule has 7 heteroatoms. The number of nitrogens with one attached hydrogen (secondary N) is 1. The van der Waals surface area contributed by atoms with Gasteiger partial charge in [-0.25, -0.2) is 4.68 Å². The van der Waals surface area contributed by atoms with E-state index in [1.54, 1.807) is 15.8 Å². The van der Waals surface area contributed by atoms with Crippen molar-refractivity contribution in [3.8, 4) is 5.69 Å². The van der Waals surface area contributed by atoms with Crippen LogP contribution in [-0.2, 0) is 16.1 Å². The maximum absolute atomic E-state index is 12.5. The van der Waals surface area contributed by atoms with Gasteiger partial charge in [-0.1, -0.05) is 18.2 Å². The number of hydrogen-bond donors (Lipinski definition) is 1. The molecule has 2 heterocycles. The molecule has 1 aliphatic heterocycles. The molecule has 2 aromatic rings. The van der Waals surface area contributed by atoms with Crippen molar-refractivity contribution < 1.29 is 9.59 Å². The molecule has 7 nitrogen and oxygen atoms in total. The van der Waals surface area contributed by atoms with E-state index in [0.717, 1.165) is 17.8 Å². The Balaban J connectivity index is 1.58. The van der Waals surface area contributed by atoms with E-state index in [-0.39, 0.29) is 17.7 Å². The topological polar surface area (TPSA) is 70.5 Å². The van der Waals surface area contributed by atoms with Gasteiger partial charge in [0.25, 0.3) is 0 Å². The summed E-state index contributed by atoms with van der Waals surface area (Å²) in [5.74, 6) is -0.286. The average Bonchev–Trinajstić information content (AvgIpc) is 3.28. The molecule has 0 spiro atoms. The first-order valence-electron chi connectivity index (χ1n) is 8.82. The van der Waals surface area contributed by atoms with Gasteiger partial charge in [-0.3, -0.25) is 9.59 Å². The van der Waals surface area contributed by atoms with Gasteiger partial charge < -0.3 is 15.1 Å². The van der Waals surface area contributed by atoms with Crippen molar-refractivity contribution in [1.82, 2.24) is 24.9 Å². The number of benzene rings is 1. The largest absolute Gasteiger partial charge is 0.352 e. The van der Waals surface area contributed by atoms with E-state index in [1.165, 1.54) is 0 Å². The Bertz CT molecular complexity index is 757. The number of nitrogens with zero attached hydrogens (tertiary/aromatic N) is 4. The predicted molar refractivity (Wildman–Crippen MR) is 98.7 cm³/mol. The standard InChI is InChI=1S/C19H25N5O2/c1-22(2)10-11-23-14-16(12-18(23)25)19(26)20-13-15-6-3-4-7-17(15)24-9-5-8-21-24/h3-9,16H,10-14H2,1-2H3,(H,20,26). The molecule has 0 saturated carbocycles. The van der Waals surface area contributed by atoms with Crippen LogP contribution in [0.5, 0.6) is 0 Å². The monoisotopic (exact) mass is 355 g/mol. The van der Waals surface area contributed by atoms with Crippen LogP contribution in [0, 0.1) is 5.92 Å². The van der Waals surface area contributed by atoms with Crippen LogP contribution in [0.4, 0.5) is 0 Å². The maximum Gasteiger partial charge on any atom is 0.225 e. The molecule has 138 valence electrons. The molecule has 1 aliphatic rings. The Morgan fingerprint density at radius 1 is 1.31 bits per heavy atom. The fourth-order valence-electron chi connectivity index (χ4n) is 3.11. The Kier molecular flexibility index (Phi) is 5.68. The molecule has 0 aliphatic carbocycles. The van der Waals surface area contributed by atoms with Crippen LogP contribution in [0.3, 0.4) is 0 Å². The summed E-state index contributed by atoms with van der Waals surface area (Å²) in [5, 5.41) is 7.23. The van der Waals surface area contributed by atoms with Crippen LogP contribution in [0.15, 0.2) is 42.7 Å². The minimum atomic E-state index is -0.276. The molecule has 1 unspecified atom stereocenters. The van der Waals surface area contributed by atoms with Crippen molar-refractivity contribution >= 4 is 11.8 Å². The summed E-state index contributed by atoms with van der Waals surface area (Å²) in [5.41, 5.74) is 1.92. The summed E-state index contributed by atoms with van der Waals surface area (Å²) < 4.78 is 1.78. The highest BCUT2D eigenvalue weighted by molar-refractivity contribution is 5.89. The summed E-state index contributed by atoms with van der Waals surface area (Å²) in [6.45, 7) is 2.38. The number of carbonyl (C=O) groups is 2. The van der Waals surface area contributed by atoms with E-state index in [1.807, 2.05) is 55.5 Å². The zero-order valence-corrected chi connectivity index (χ0v) is 15.3. The third-order valence-electron chi connectivity index (χ3n) is 4.60. The van der Waals surface area contributed by atoms with Crippen LogP contribution >= 0.6 is 0 Å². The van der Waals surface area contributed by atoms with Gasteiger partial charge in [-0.05, 0) is 31.8 Å². The lowest BCUT2D eigenvalue weighted by Gasteiger charge is -2.19. The Labute approximate surface area is 153 Å². The number of likely N-dealkylation sites (tertiary alicyclic amines) is 1. The Hall–Kier alpha value is -2.67. The number of aromatic nitrogens is 2. The molecule has 1 atom stereocenters. The summed E-state index contributed by atoms with van der Waals surface area (Å²) >= 11 is 0. The lowest BCUT2D eigenvalue weighted by Crippen LogP contribution is -2.35. The first-order chi connectivity index (χ1) is 12.5. The molecule has 1 N–H and O–H groups in total. The normalized spacial score (nSPS) is 17.1. The molecule has 26 heavy (non-hydrogen) atoms. The van der Waals surface area contributed by atoms with E-state index in [9.17, 15) is 9.59 Å². The quantitative estimate of drug-likeness (QED) is 0.801. The summed E-state index contributed by atoms with van der Waals surface area (Å²) in [7, 11) is 3.95. The van der Waals surface area contributed by atoms with Crippen LogP contribution in [0.25, 0.3) is 5.69 Å². The minimum Gasteiger partial charge on any atom is -0.352 e. The van der Waals surface area contributed by atoms with Crippen molar-refractivity contribution in [2.45, 2.75) is 13.0 Å². The third kappa shape index (κ3) is 4.29. The van der Waals surface area contributed by atoms with Crippen molar-refractivity contribution in [3.63, 3.8) is 0 Å². The van der Waals surface area contributed by atoms with Crippen molar-refractivity contribution in [1.29, 1.82) is 0 Å². The van der Waals surface area contributed by atoms with Gasteiger partial charge in [0.15, 0.2) is 0 Å². The molecular formula is C19H25N5O2. The number of likely N-dealkylation sites (N-methyl/N-ethyl adjacent to an activating group) is 1. The summed E-state index contributed by atoms with van der Waals surface area (Å²) in [6.07, 6.45) is 3.89. The predicted octanol–water partition coefficient (Wildman–Crippen LogP) is 0.899. The molecular weight excluding hydrogens is 330 g/mol. The lowest BCUT2D eigenvalue weighted by atomic mass is 10.1. The van der Waals surface area contributed by atoms with Crippen LogP contribution in [0.2, 0.25) is 0 Å². The molecule has 1 aromatic carbocycles. The highest BCUT2D eigenvalue weighted by Gasteiger charge is 2.33. The SMILES string of the molecule is CN(C)CCN1CC(C(=O)NCc2ccccc2-n2cccn2)CC1=O. The lowest BCUT2D eigenvalue weighted by molar-refractivity contribution is -0.129. The van der Waals surface area contributed by atoms with Crippen LogP contribution < -0.4 is 5.32 Å². The number of rotatable bonds is 7. The van der Waals surface area contributed by atoms with Gasteiger partial charge in [0.2, 0.25) is 11.8 Å². The number of amides is 2.